The highest BCUT2D eigenvalue weighted by Gasteiger charge is 2.09. The summed E-state index contributed by atoms with van der Waals surface area (Å²) in [5, 5.41) is 3.27. The Balaban J connectivity index is 1.60. The molecule has 0 saturated carbocycles. The summed E-state index contributed by atoms with van der Waals surface area (Å²) in [5.74, 6) is 0. The number of benzene rings is 2. The van der Waals surface area contributed by atoms with Crippen molar-refractivity contribution in [1.82, 2.24) is 9.38 Å². The van der Waals surface area contributed by atoms with Crippen molar-refractivity contribution in [3.63, 3.8) is 0 Å². The Bertz CT molecular complexity index is 907. The SMILES string of the molecule is NCCNc1ccc(-c2cn3cc(-c4ccccc4)sc3n2)cc1. The Kier molecular flexibility index (Phi) is 4.02. The number of hydrogen-bond acceptors (Lipinski definition) is 4. The lowest BCUT2D eigenvalue weighted by Crippen LogP contribution is -2.12. The topological polar surface area (TPSA) is 55.3 Å². The van der Waals surface area contributed by atoms with Crippen LogP contribution < -0.4 is 11.1 Å². The summed E-state index contributed by atoms with van der Waals surface area (Å²) in [6.45, 7) is 1.41. The van der Waals surface area contributed by atoms with Crippen LogP contribution in [0.5, 0.6) is 0 Å². The molecule has 0 unspecified atom stereocenters. The van der Waals surface area contributed by atoms with E-state index in [-0.39, 0.29) is 0 Å². The average Bonchev–Trinajstić information content (AvgIpc) is 3.20. The third-order valence-corrected chi connectivity index (χ3v) is 4.91. The zero-order chi connectivity index (χ0) is 16.4. The van der Waals surface area contributed by atoms with Gasteiger partial charge in [0.2, 0.25) is 0 Å². The fraction of sp³-hybridized carbons (Fsp3) is 0.105. The maximum Gasteiger partial charge on any atom is 0.194 e. The summed E-state index contributed by atoms with van der Waals surface area (Å²) in [7, 11) is 0. The van der Waals surface area contributed by atoms with Gasteiger partial charge >= 0.3 is 0 Å². The summed E-state index contributed by atoms with van der Waals surface area (Å²) in [5.41, 5.74) is 9.92. The van der Waals surface area contributed by atoms with Crippen LogP contribution in [0.3, 0.4) is 0 Å². The highest BCUT2D eigenvalue weighted by atomic mass is 32.1. The molecular weight excluding hydrogens is 316 g/mol. The minimum absolute atomic E-state index is 0.628. The second-order valence-electron chi connectivity index (χ2n) is 5.57. The van der Waals surface area contributed by atoms with E-state index in [1.165, 1.54) is 10.4 Å². The maximum atomic E-state index is 5.51. The van der Waals surface area contributed by atoms with E-state index in [1.807, 2.05) is 6.07 Å². The quantitative estimate of drug-likeness (QED) is 0.578. The lowest BCUT2D eigenvalue weighted by molar-refractivity contribution is 1.02. The molecular formula is C19H18N4S. The van der Waals surface area contributed by atoms with Crippen LogP contribution in [0, 0.1) is 0 Å². The molecule has 5 heteroatoms. The van der Waals surface area contributed by atoms with Crippen molar-refractivity contribution in [3.8, 4) is 21.7 Å². The van der Waals surface area contributed by atoms with Crippen molar-refractivity contribution in [3.05, 3.63) is 67.0 Å². The molecule has 0 atom stereocenters. The number of rotatable bonds is 5. The van der Waals surface area contributed by atoms with E-state index in [1.54, 1.807) is 11.3 Å². The molecule has 0 aliphatic rings. The third-order valence-electron chi connectivity index (χ3n) is 3.87. The van der Waals surface area contributed by atoms with Crippen LogP contribution in [0.1, 0.15) is 0 Å². The lowest BCUT2D eigenvalue weighted by Gasteiger charge is -2.04. The number of imidazole rings is 1. The molecule has 24 heavy (non-hydrogen) atoms. The van der Waals surface area contributed by atoms with Crippen LogP contribution >= 0.6 is 11.3 Å². The van der Waals surface area contributed by atoms with Crippen molar-refractivity contribution in [2.75, 3.05) is 18.4 Å². The predicted molar refractivity (Wildman–Crippen MR) is 101 cm³/mol. The van der Waals surface area contributed by atoms with Crippen molar-refractivity contribution < 1.29 is 0 Å². The van der Waals surface area contributed by atoms with Crippen molar-refractivity contribution in [1.29, 1.82) is 0 Å². The minimum atomic E-state index is 0.628. The Morgan fingerprint density at radius 3 is 2.46 bits per heavy atom. The van der Waals surface area contributed by atoms with E-state index in [0.29, 0.717) is 6.54 Å². The Labute approximate surface area is 144 Å². The van der Waals surface area contributed by atoms with Gasteiger partial charge in [0.05, 0.1) is 10.6 Å². The molecule has 0 aliphatic carbocycles. The largest absolute Gasteiger partial charge is 0.384 e. The van der Waals surface area contributed by atoms with Crippen LogP contribution in [-0.2, 0) is 0 Å². The fourth-order valence-corrected chi connectivity index (χ4v) is 3.62. The van der Waals surface area contributed by atoms with Crippen molar-refractivity contribution in [2.24, 2.45) is 5.73 Å². The highest BCUT2D eigenvalue weighted by molar-refractivity contribution is 7.20. The molecule has 0 bridgehead atoms. The molecule has 0 radical (unpaired) electrons. The maximum absolute atomic E-state index is 5.51. The standard InChI is InChI=1S/C19H18N4S/c20-10-11-21-16-8-6-14(7-9-16)17-12-23-13-18(24-19(23)22-17)15-4-2-1-3-5-15/h1-9,12-13,21H,10-11,20H2. The zero-order valence-corrected chi connectivity index (χ0v) is 14.0. The van der Waals surface area contributed by atoms with Gasteiger partial charge in [-0.05, 0) is 17.7 Å². The van der Waals surface area contributed by atoms with Gasteiger partial charge in [-0.3, -0.25) is 4.40 Å². The van der Waals surface area contributed by atoms with Crippen LogP contribution in [0.2, 0.25) is 0 Å². The Morgan fingerprint density at radius 2 is 1.75 bits per heavy atom. The summed E-state index contributed by atoms with van der Waals surface area (Å²) in [6.07, 6.45) is 4.23. The number of nitrogens with two attached hydrogens (primary N) is 1. The zero-order valence-electron chi connectivity index (χ0n) is 13.1. The van der Waals surface area contributed by atoms with Gasteiger partial charge in [-0.25, -0.2) is 4.98 Å². The van der Waals surface area contributed by atoms with Crippen LogP contribution in [0.15, 0.2) is 67.0 Å². The number of anilines is 1. The molecule has 2 aromatic heterocycles. The number of nitrogens with zero attached hydrogens (tertiary/aromatic N) is 2. The summed E-state index contributed by atoms with van der Waals surface area (Å²) in [6, 6.07) is 18.7. The fourth-order valence-electron chi connectivity index (χ4n) is 2.65. The molecule has 4 nitrogen and oxygen atoms in total. The van der Waals surface area contributed by atoms with Gasteiger partial charge in [0, 0.05) is 36.7 Å². The van der Waals surface area contributed by atoms with Crippen LogP contribution in [0.25, 0.3) is 26.7 Å². The molecule has 0 amide bonds. The van der Waals surface area contributed by atoms with Crippen LogP contribution in [-0.4, -0.2) is 22.5 Å². The summed E-state index contributed by atoms with van der Waals surface area (Å²) >= 11 is 1.71. The Morgan fingerprint density at radius 1 is 0.958 bits per heavy atom. The number of hydrogen-bond donors (Lipinski definition) is 2. The van der Waals surface area contributed by atoms with E-state index >= 15 is 0 Å². The first-order valence-electron chi connectivity index (χ1n) is 7.92. The van der Waals surface area contributed by atoms with Crippen molar-refractivity contribution in [2.45, 2.75) is 0 Å². The molecule has 0 spiro atoms. The summed E-state index contributed by atoms with van der Waals surface area (Å²) < 4.78 is 2.10. The Hall–Kier alpha value is -2.63. The number of nitrogens with one attached hydrogen (secondary N) is 1. The number of aromatic nitrogens is 2. The molecule has 0 saturated heterocycles. The van der Waals surface area contributed by atoms with E-state index in [9.17, 15) is 0 Å². The summed E-state index contributed by atoms with van der Waals surface area (Å²) in [4.78, 5) is 7.00. The third kappa shape index (κ3) is 2.91. The van der Waals surface area contributed by atoms with Gasteiger partial charge in [0.25, 0.3) is 0 Å². The first-order chi connectivity index (χ1) is 11.8. The molecule has 3 N–H and O–H groups in total. The number of fused-ring (bicyclic) bond motifs is 1. The average molecular weight is 334 g/mol. The molecule has 2 heterocycles. The first-order valence-corrected chi connectivity index (χ1v) is 8.73. The molecule has 4 aromatic rings. The van der Waals surface area contributed by atoms with Gasteiger partial charge in [0.1, 0.15) is 0 Å². The van der Waals surface area contributed by atoms with E-state index in [2.05, 4.69) is 70.6 Å². The molecule has 0 aliphatic heterocycles. The predicted octanol–water partition coefficient (Wildman–Crippen LogP) is 4.10. The first kappa shape index (κ1) is 14.9. The van der Waals surface area contributed by atoms with Crippen molar-refractivity contribution >= 4 is 22.0 Å². The second kappa shape index (κ2) is 6.47. The van der Waals surface area contributed by atoms with E-state index in [0.717, 1.165) is 28.5 Å². The smallest absolute Gasteiger partial charge is 0.194 e. The van der Waals surface area contributed by atoms with Crippen LogP contribution in [0.4, 0.5) is 5.69 Å². The number of thiazole rings is 1. The minimum Gasteiger partial charge on any atom is -0.384 e. The van der Waals surface area contributed by atoms with Gasteiger partial charge in [-0.15, -0.1) is 0 Å². The monoisotopic (exact) mass is 334 g/mol. The highest BCUT2D eigenvalue weighted by Crippen LogP contribution is 2.30. The molecule has 120 valence electrons. The van der Waals surface area contributed by atoms with E-state index < -0.39 is 0 Å². The van der Waals surface area contributed by atoms with Gasteiger partial charge in [-0.1, -0.05) is 53.8 Å². The van der Waals surface area contributed by atoms with Gasteiger partial charge in [0.15, 0.2) is 4.96 Å². The molecule has 2 aromatic carbocycles. The lowest BCUT2D eigenvalue weighted by atomic mass is 10.1. The van der Waals surface area contributed by atoms with Gasteiger partial charge in [-0.2, -0.15) is 0 Å². The van der Waals surface area contributed by atoms with E-state index in [4.69, 9.17) is 10.7 Å². The molecule has 4 rings (SSSR count). The second-order valence-corrected chi connectivity index (χ2v) is 6.58. The van der Waals surface area contributed by atoms with Gasteiger partial charge < -0.3 is 11.1 Å². The molecule has 0 fully saturated rings. The normalized spacial score (nSPS) is 11.0.